The van der Waals surface area contributed by atoms with Gasteiger partial charge in [-0.1, -0.05) is 17.7 Å². The number of piperidine rings is 3. The molecule has 4 aliphatic rings. The lowest BCUT2D eigenvalue weighted by molar-refractivity contribution is -0.157. The summed E-state index contributed by atoms with van der Waals surface area (Å²) in [6.45, 7) is 7.93. The molecule has 2 bridgehead atoms. The molecule has 4 fully saturated rings. The summed E-state index contributed by atoms with van der Waals surface area (Å²) in [5.74, 6) is 1.59. The number of fused-ring (bicyclic) bond motifs is 2. The summed E-state index contributed by atoms with van der Waals surface area (Å²) in [7, 11) is 1.48. The Kier molecular flexibility index (Phi) is 7.53. The summed E-state index contributed by atoms with van der Waals surface area (Å²) in [4.78, 5) is 34.4. The number of amides is 1. The van der Waals surface area contributed by atoms with Crippen molar-refractivity contribution in [2.45, 2.75) is 46.1 Å². The highest BCUT2D eigenvalue weighted by Gasteiger charge is 2.51. The van der Waals surface area contributed by atoms with Gasteiger partial charge in [0.25, 0.3) is 5.91 Å². The number of aryl methyl sites for hydroxylation is 2. The number of hydrogen-bond donors (Lipinski definition) is 0. The molecule has 3 aromatic rings. The number of thiazole rings is 1. The van der Waals surface area contributed by atoms with Crippen LogP contribution in [0.3, 0.4) is 0 Å². The minimum Gasteiger partial charge on any atom is -0.488 e. The molecule has 2 aromatic carbocycles. The van der Waals surface area contributed by atoms with Crippen LogP contribution in [-0.2, 0) is 16.1 Å². The zero-order valence-corrected chi connectivity index (χ0v) is 24.3. The number of ether oxygens (including phenoxy) is 2. The zero-order valence-electron chi connectivity index (χ0n) is 23.5. The molecule has 2 atom stereocenters. The fraction of sp³-hybridized carbons (Fsp3) is 0.469. The summed E-state index contributed by atoms with van der Waals surface area (Å²) in [5.41, 5.74) is 5.90. The summed E-state index contributed by atoms with van der Waals surface area (Å²) < 4.78 is 11.4. The van der Waals surface area contributed by atoms with Crippen LogP contribution < -0.4 is 9.64 Å². The second-order valence-electron chi connectivity index (χ2n) is 11.5. The summed E-state index contributed by atoms with van der Waals surface area (Å²) in [6, 6.07) is 12.1. The van der Waals surface area contributed by atoms with Crippen molar-refractivity contribution < 1.29 is 19.1 Å². The van der Waals surface area contributed by atoms with Gasteiger partial charge < -0.3 is 19.3 Å². The molecule has 3 saturated heterocycles. The highest BCUT2D eigenvalue weighted by Crippen LogP contribution is 2.48. The predicted molar refractivity (Wildman–Crippen MR) is 157 cm³/mol. The first-order chi connectivity index (χ1) is 19.4. The largest absolute Gasteiger partial charge is 0.488 e. The van der Waals surface area contributed by atoms with Crippen LogP contribution in [0.5, 0.6) is 5.75 Å². The lowest BCUT2D eigenvalue weighted by atomic mass is 9.61. The smallest absolute Gasteiger partial charge is 0.309 e. The molecule has 210 valence electrons. The van der Waals surface area contributed by atoms with E-state index in [4.69, 9.17) is 14.5 Å². The average Bonchev–Trinajstić information content (AvgIpc) is 3.47. The van der Waals surface area contributed by atoms with Crippen molar-refractivity contribution in [2.75, 3.05) is 38.2 Å². The molecule has 40 heavy (non-hydrogen) atoms. The van der Waals surface area contributed by atoms with Crippen molar-refractivity contribution >= 4 is 28.3 Å². The number of hydrogen-bond acceptors (Lipinski definition) is 7. The molecule has 2 unspecified atom stereocenters. The van der Waals surface area contributed by atoms with Gasteiger partial charge in [0, 0.05) is 42.7 Å². The van der Waals surface area contributed by atoms with Gasteiger partial charge in [0.1, 0.15) is 12.4 Å². The molecule has 3 aliphatic heterocycles. The molecule has 1 aromatic heterocycles. The number of nitrogens with zero attached hydrogens (tertiary/aromatic N) is 3. The van der Waals surface area contributed by atoms with Gasteiger partial charge in [-0.3, -0.25) is 9.59 Å². The van der Waals surface area contributed by atoms with E-state index in [1.165, 1.54) is 13.5 Å². The zero-order chi connectivity index (χ0) is 27.8. The minimum absolute atomic E-state index is 0.0397. The molecule has 1 amide bonds. The Morgan fingerprint density at radius 3 is 2.52 bits per heavy atom. The molecular formula is C32H37N3O4S. The number of rotatable bonds is 7. The second kappa shape index (κ2) is 11.2. The average molecular weight is 560 g/mol. The molecule has 0 N–H and O–H groups in total. The maximum Gasteiger partial charge on any atom is 0.309 e. The third-order valence-electron chi connectivity index (χ3n) is 8.79. The number of benzene rings is 2. The summed E-state index contributed by atoms with van der Waals surface area (Å²) in [5, 5.41) is 3.09. The van der Waals surface area contributed by atoms with Crippen LogP contribution in [0, 0.1) is 31.6 Å². The van der Waals surface area contributed by atoms with Crippen LogP contribution >= 0.6 is 11.3 Å². The van der Waals surface area contributed by atoms with Gasteiger partial charge in [0.15, 0.2) is 5.13 Å². The Bertz CT molecular complexity index is 1400. The van der Waals surface area contributed by atoms with Crippen molar-refractivity contribution in [2.24, 2.45) is 17.8 Å². The van der Waals surface area contributed by atoms with Crippen molar-refractivity contribution in [3.05, 3.63) is 64.0 Å². The Morgan fingerprint density at radius 1 is 1.02 bits per heavy atom. The highest BCUT2D eigenvalue weighted by atomic mass is 32.1. The summed E-state index contributed by atoms with van der Waals surface area (Å²) >= 11 is 1.64. The number of esters is 1. The predicted octanol–water partition coefficient (Wildman–Crippen LogP) is 5.88. The van der Waals surface area contributed by atoms with Gasteiger partial charge >= 0.3 is 5.97 Å². The maximum absolute atomic E-state index is 12.9. The first-order valence-electron chi connectivity index (χ1n) is 14.3. The maximum atomic E-state index is 12.9. The Labute approximate surface area is 240 Å². The van der Waals surface area contributed by atoms with Gasteiger partial charge in [-0.05, 0) is 86.8 Å². The van der Waals surface area contributed by atoms with E-state index < -0.39 is 0 Å². The van der Waals surface area contributed by atoms with Crippen molar-refractivity contribution in [1.29, 1.82) is 0 Å². The Morgan fingerprint density at radius 2 is 1.80 bits per heavy atom. The van der Waals surface area contributed by atoms with Gasteiger partial charge in [0.2, 0.25) is 0 Å². The third kappa shape index (κ3) is 5.21. The number of methoxy groups -OCH3 is 1. The van der Waals surface area contributed by atoms with E-state index in [1.807, 2.05) is 36.1 Å². The monoisotopic (exact) mass is 559 g/mol. The van der Waals surface area contributed by atoms with Crippen LogP contribution in [0.1, 0.15) is 52.7 Å². The number of aromatic nitrogens is 1. The van der Waals surface area contributed by atoms with Gasteiger partial charge in [-0.15, -0.1) is 11.3 Å². The van der Waals surface area contributed by atoms with Crippen molar-refractivity contribution in [3.63, 3.8) is 0 Å². The fourth-order valence-corrected chi connectivity index (χ4v) is 7.34. The molecule has 7 rings (SSSR count). The topological polar surface area (TPSA) is 72.0 Å². The van der Waals surface area contributed by atoms with Crippen LogP contribution in [0.4, 0.5) is 5.13 Å². The van der Waals surface area contributed by atoms with E-state index in [-0.39, 0.29) is 17.8 Å². The van der Waals surface area contributed by atoms with Gasteiger partial charge in [-0.2, -0.15) is 0 Å². The van der Waals surface area contributed by atoms with E-state index >= 15 is 0 Å². The Hall–Kier alpha value is -3.39. The fourth-order valence-electron chi connectivity index (χ4n) is 6.49. The molecule has 0 radical (unpaired) electrons. The molecule has 4 heterocycles. The van der Waals surface area contributed by atoms with Crippen molar-refractivity contribution in [3.8, 4) is 17.0 Å². The highest BCUT2D eigenvalue weighted by molar-refractivity contribution is 7.14. The molecule has 1 saturated carbocycles. The number of carbonyl (C=O) groups is 2. The normalized spacial score (nSPS) is 22.0. The van der Waals surface area contributed by atoms with E-state index in [1.54, 1.807) is 11.3 Å². The molecule has 8 heteroatoms. The van der Waals surface area contributed by atoms with E-state index in [9.17, 15) is 9.59 Å². The van der Waals surface area contributed by atoms with Crippen LogP contribution in [0.2, 0.25) is 0 Å². The van der Waals surface area contributed by atoms with Crippen molar-refractivity contribution in [1.82, 2.24) is 9.88 Å². The van der Waals surface area contributed by atoms with Crippen LogP contribution in [0.25, 0.3) is 11.3 Å². The minimum atomic E-state index is -0.0687. The third-order valence-corrected chi connectivity index (χ3v) is 9.70. The molecule has 7 nitrogen and oxygen atoms in total. The second-order valence-corrected chi connectivity index (χ2v) is 12.3. The first kappa shape index (κ1) is 26.8. The SMILES string of the molecule is COC(=O)C1C2CC1CN(c1nc(-c3cc(C)ccc3OCc3ccc(C(=O)N4CCCCC4)cc3C)cs1)C2. The van der Waals surface area contributed by atoms with E-state index in [2.05, 4.69) is 29.3 Å². The first-order valence-corrected chi connectivity index (χ1v) is 15.2. The van der Waals surface area contributed by atoms with E-state index in [0.29, 0.717) is 18.4 Å². The van der Waals surface area contributed by atoms with Crippen LogP contribution in [-0.4, -0.2) is 55.0 Å². The number of likely N-dealkylation sites (tertiary alicyclic amines) is 1. The lowest BCUT2D eigenvalue weighted by Crippen LogP contribution is -2.58. The Balaban J connectivity index is 1.14. The summed E-state index contributed by atoms with van der Waals surface area (Å²) in [6.07, 6.45) is 4.48. The molecule has 0 spiro atoms. The standard InChI is InChI=1S/C32H37N3O4S/c1-20-7-10-28(39-18-23-9-8-22(14-21(23)2)30(36)34-11-5-4-6-12-34)26(13-20)27-19-40-32(33-27)35-16-24-15-25(17-35)29(24)31(37)38-3/h7-10,13-14,19,24-25,29H,4-6,11-12,15-18H2,1-3H3. The molecule has 1 aliphatic carbocycles. The number of carbonyl (C=O) groups excluding carboxylic acids is 2. The van der Waals surface area contributed by atoms with Gasteiger partial charge in [-0.25, -0.2) is 4.98 Å². The lowest BCUT2D eigenvalue weighted by Gasteiger charge is -2.51. The van der Waals surface area contributed by atoms with Crippen LogP contribution in [0.15, 0.2) is 41.8 Å². The quantitative estimate of drug-likeness (QED) is 0.337. The number of anilines is 1. The van der Waals surface area contributed by atoms with E-state index in [0.717, 1.165) is 89.8 Å². The molecular weight excluding hydrogens is 522 g/mol. The van der Waals surface area contributed by atoms with Gasteiger partial charge in [0.05, 0.1) is 18.7 Å².